The summed E-state index contributed by atoms with van der Waals surface area (Å²) in [6, 6.07) is 82.4. The van der Waals surface area contributed by atoms with E-state index >= 15 is 0 Å². The van der Waals surface area contributed by atoms with Gasteiger partial charge in [-0.1, -0.05) is 146 Å². The van der Waals surface area contributed by atoms with Gasteiger partial charge < -0.3 is 18.5 Å². The standard InChI is InChI=1S/C54H33N3O.C6H6/c1-2-10-37(11-3-1)56-49-16-8-5-13-40(49)46-29-34(21-27-50(46)56)36-19-24-42-41-23-18-35(33-20-26-48-45(28-33)39-12-4-7-15-47(39)55-48)30-51(41)57(52(42)31-36)38-22-25-44-43-14-6-9-17-53(43)58-54(44)32-38;1-2-4-6-5-3-1/h1-32,55H;1-6H. The number of nitrogens with zero attached hydrogens (tertiary/aromatic N) is 2. The zero-order valence-electron chi connectivity index (χ0n) is 34.7. The number of para-hydroxylation sites is 4. The Hall–Kier alpha value is -8.60. The Morgan fingerprint density at radius 1 is 0.266 bits per heavy atom. The molecule has 300 valence electrons. The van der Waals surface area contributed by atoms with Gasteiger partial charge in [-0.2, -0.15) is 0 Å². The fourth-order valence-electron chi connectivity index (χ4n) is 9.93. The second-order valence-corrected chi connectivity index (χ2v) is 16.6. The van der Waals surface area contributed by atoms with Crippen molar-refractivity contribution in [3.8, 4) is 33.6 Å². The smallest absolute Gasteiger partial charge is 0.137 e. The third-order valence-corrected chi connectivity index (χ3v) is 12.9. The van der Waals surface area contributed by atoms with Gasteiger partial charge in [-0.05, 0) is 101 Å². The van der Waals surface area contributed by atoms with Crippen LogP contribution in [0.25, 0.3) is 121 Å². The fourth-order valence-corrected chi connectivity index (χ4v) is 9.93. The van der Waals surface area contributed by atoms with Crippen molar-refractivity contribution in [2.45, 2.75) is 0 Å². The van der Waals surface area contributed by atoms with Crippen LogP contribution in [0.15, 0.2) is 235 Å². The number of fused-ring (bicyclic) bond motifs is 12. The normalized spacial score (nSPS) is 11.8. The maximum atomic E-state index is 6.46. The molecule has 4 heterocycles. The Morgan fingerprint density at radius 3 is 1.50 bits per heavy atom. The minimum absolute atomic E-state index is 0.881. The predicted molar refractivity (Wildman–Crippen MR) is 269 cm³/mol. The van der Waals surface area contributed by atoms with Crippen molar-refractivity contribution in [2.75, 3.05) is 0 Å². The quantitative estimate of drug-likeness (QED) is 0.189. The summed E-state index contributed by atoms with van der Waals surface area (Å²) in [5.41, 5.74) is 15.7. The maximum absolute atomic E-state index is 6.46. The predicted octanol–water partition coefficient (Wildman–Crippen LogP) is 16.4. The second kappa shape index (κ2) is 14.5. The highest BCUT2D eigenvalue weighted by molar-refractivity contribution is 6.14. The fraction of sp³-hybridized carbons (Fsp3) is 0. The molecule has 0 bridgehead atoms. The Balaban J connectivity index is 0.000000639. The van der Waals surface area contributed by atoms with Crippen molar-refractivity contribution in [2.24, 2.45) is 0 Å². The number of H-pyrrole nitrogens is 1. The summed E-state index contributed by atoms with van der Waals surface area (Å²) in [6.07, 6.45) is 0. The number of hydrogen-bond acceptors (Lipinski definition) is 1. The van der Waals surface area contributed by atoms with E-state index in [-0.39, 0.29) is 0 Å². The molecular formula is C60H39N3O. The third kappa shape index (κ3) is 5.77. The Bertz CT molecular complexity index is 4050. The van der Waals surface area contributed by atoms with Crippen molar-refractivity contribution < 1.29 is 4.42 Å². The number of rotatable bonds is 4. The third-order valence-electron chi connectivity index (χ3n) is 12.9. The molecule has 0 spiro atoms. The lowest BCUT2D eigenvalue weighted by Crippen LogP contribution is -1.94. The number of furan rings is 1. The molecule has 4 aromatic heterocycles. The molecule has 0 fully saturated rings. The van der Waals surface area contributed by atoms with Crippen molar-refractivity contribution in [1.82, 2.24) is 14.1 Å². The molecule has 0 amide bonds. The van der Waals surface area contributed by atoms with E-state index < -0.39 is 0 Å². The van der Waals surface area contributed by atoms with E-state index in [1.165, 1.54) is 65.6 Å². The zero-order valence-corrected chi connectivity index (χ0v) is 34.7. The molecule has 0 atom stereocenters. The number of hydrogen-bond donors (Lipinski definition) is 1. The van der Waals surface area contributed by atoms with Crippen LogP contribution >= 0.6 is 0 Å². The van der Waals surface area contributed by atoms with Crippen LogP contribution in [0.4, 0.5) is 0 Å². The first-order chi connectivity index (χ1) is 31.7. The van der Waals surface area contributed by atoms with Gasteiger partial charge in [0.2, 0.25) is 0 Å². The number of benzene rings is 10. The first-order valence-electron chi connectivity index (χ1n) is 21.8. The number of aromatic nitrogens is 3. The zero-order chi connectivity index (χ0) is 42.1. The highest BCUT2D eigenvalue weighted by Crippen LogP contribution is 2.41. The molecule has 4 nitrogen and oxygen atoms in total. The first kappa shape index (κ1) is 36.1. The lowest BCUT2D eigenvalue weighted by atomic mass is 10.00. The molecule has 0 saturated carbocycles. The van der Waals surface area contributed by atoms with Crippen LogP contribution in [-0.2, 0) is 0 Å². The average molecular weight is 818 g/mol. The Morgan fingerprint density at radius 2 is 0.750 bits per heavy atom. The van der Waals surface area contributed by atoms with Crippen molar-refractivity contribution in [1.29, 1.82) is 0 Å². The molecule has 10 aromatic carbocycles. The molecule has 0 unspecified atom stereocenters. The molecule has 0 aliphatic rings. The molecule has 14 aromatic rings. The SMILES string of the molecule is c1ccc(-n2c3ccccc3c3cc(-c4ccc5c6ccc(-c7ccc8[nH]c9ccccc9c8c7)cc6n(-c6ccc7c(c6)oc6ccccc67)c5c4)ccc32)cc1.c1ccccc1. The lowest BCUT2D eigenvalue weighted by molar-refractivity contribution is 0.668. The summed E-state index contributed by atoms with van der Waals surface area (Å²) < 4.78 is 11.3. The van der Waals surface area contributed by atoms with Crippen molar-refractivity contribution >= 4 is 87.4 Å². The van der Waals surface area contributed by atoms with Gasteiger partial charge in [0.15, 0.2) is 0 Å². The molecular weight excluding hydrogens is 779 g/mol. The summed E-state index contributed by atoms with van der Waals surface area (Å²) in [7, 11) is 0. The monoisotopic (exact) mass is 817 g/mol. The van der Waals surface area contributed by atoms with E-state index in [1.54, 1.807) is 0 Å². The number of aromatic amines is 1. The van der Waals surface area contributed by atoms with Crippen LogP contribution in [0.1, 0.15) is 0 Å². The van der Waals surface area contributed by atoms with E-state index in [2.05, 4.69) is 196 Å². The van der Waals surface area contributed by atoms with E-state index in [1.807, 2.05) is 48.5 Å². The molecule has 0 aliphatic carbocycles. The van der Waals surface area contributed by atoms with Gasteiger partial charge in [0.25, 0.3) is 0 Å². The van der Waals surface area contributed by atoms with Crippen LogP contribution in [0.5, 0.6) is 0 Å². The summed E-state index contributed by atoms with van der Waals surface area (Å²) in [5, 5.41) is 9.64. The van der Waals surface area contributed by atoms with Crippen LogP contribution in [0.3, 0.4) is 0 Å². The highest BCUT2D eigenvalue weighted by Gasteiger charge is 2.18. The van der Waals surface area contributed by atoms with Crippen molar-refractivity contribution in [3.05, 3.63) is 231 Å². The van der Waals surface area contributed by atoms with Gasteiger partial charge in [-0.15, -0.1) is 0 Å². The molecule has 1 N–H and O–H groups in total. The van der Waals surface area contributed by atoms with Crippen LogP contribution in [0, 0.1) is 0 Å². The number of nitrogens with one attached hydrogen (secondary N) is 1. The Kier molecular flexibility index (Phi) is 8.18. The van der Waals surface area contributed by atoms with Crippen LogP contribution in [0.2, 0.25) is 0 Å². The van der Waals surface area contributed by atoms with Crippen LogP contribution in [-0.4, -0.2) is 14.1 Å². The molecule has 0 radical (unpaired) electrons. The van der Waals surface area contributed by atoms with Gasteiger partial charge in [0.1, 0.15) is 11.2 Å². The minimum atomic E-state index is 0.881. The molecule has 0 saturated heterocycles. The van der Waals surface area contributed by atoms with Gasteiger partial charge in [0, 0.05) is 71.6 Å². The average Bonchev–Trinajstić information content (AvgIpc) is 4.11. The summed E-state index contributed by atoms with van der Waals surface area (Å²) in [5.74, 6) is 0. The first-order valence-corrected chi connectivity index (χ1v) is 21.8. The van der Waals surface area contributed by atoms with Crippen molar-refractivity contribution in [3.63, 3.8) is 0 Å². The molecule has 0 aliphatic heterocycles. The van der Waals surface area contributed by atoms with Gasteiger partial charge in [-0.3, -0.25) is 0 Å². The van der Waals surface area contributed by atoms with E-state index in [4.69, 9.17) is 4.42 Å². The topological polar surface area (TPSA) is 38.8 Å². The van der Waals surface area contributed by atoms with Gasteiger partial charge in [-0.25, -0.2) is 0 Å². The highest BCUT2D eigenvalue weighted by atomic mass is 16.3. The molecule has 14 rings (SSSR count). The summed E-state index contributed by atoms with van der Waals surface area (Å²) in [6.45, 7) is 0. The Labute approximate surface area is 368 Å². The maximum Gasteiger partial charge on any atom is 0.137 e. The summed E-state index contributed by atoms with van der Waals surface area (Å²) in [4.78, 5) is 3.59. The molecule has 4 heteroatoms. The second-order valence-electron chi connectivity index (χ2n) is 16.6. The van der Waals surface area contributed by atoms with Crippen LogP contribution < -0.4 is 0 Å². The van der Waals surface area contributed by atoms with Gasteiger partial charge >= 0.3 is 0 Å². The van der Waals surface area contributed by atoms with E-state index in [9.17, 15) is 0 Å². The summed E-state index contributed by atoms with van der Waals surface area (Å²) >= 11 is 0. The van der Waals surface area contributed by atoms with E-state index in [0.29, 0.717) is 0 Å². The van der Waals surface area contributed by atoms with E-state index in [0.717, 1.165) is 55.4 Å². The largest absolute Gasteiger partial charge is 0.456 e. The lowest BCUT2D eigenvalue weighted by Gasteiger charge is -2.11. The minimum Gasteiger partial charge on any atom is -0.456 e. The van der Waals surface area contributed by atoms with Gasteiger partial charge in [0.05, 0.1) is 22.1 Å². The molecule has 64 heavy (non-hydrogen) atoms.